The smallest absolute Gasteiger partial charge is 1.00 e. The van der Waals surface area contributed by atoms with Gasteiger partial charge in [-0.2, -0.15) is 15.0 Å². The van der Waals surface area contributed by atoms with Gasteiger partial charge in [-0.15, -0.1) is 0 Å². The summed E-state index contributed by atoms with van der Waals surface area (Å²) in [6.45, 7) is 1.89. The van der Waals surface area contributed by atoms with Crippen molar-refractivity contribution < 1.29 is 62.7 Å². The van der Waals surface area contributed by atoms with Gasteiger partial charge in [-0.1, -0.05) is 6.07 Å². The van der Waals surface area contributed by atoms with E-state index in [1.165, 1.54) is 17.2 Å². The summed E-state index contributed by atoms with van der Waals surface area (Å²) >= 11 is 0. The average Bonchev–Trinajstić information content (AvgIpc) is 2.69. The molecule has 5 nitrogen and oxygen atoms in total. The summed E-state index contributed by atoms with van der Waals surface area (Å²) in [5, 5.41) is 16.8. The molecule has 0 aliphatic rings. The van der Waals surface area contributed by atoms with Crippen molar-refractivity contribution in [3.05, 3.63) is 41.7 Å². The first-order valence-corrected chi connectivity index (χ1v) is 4.39. The van der Waals surface area contributed by atoms with Crippen LogP contribution in [0.4, 0.5) is 0 Å². The molecular weight excluding hydrogens is 233 g/mol. The number of benzene rings is 1. The number of aryl methyl sites for hydroxylation is 1. The Labute approximate surface area is 136 Å². The second-order valence-electron chi connectivity index (χ2n) is 3.14. The van der Waals surface area contributed by atoms with E-state index in [2.05, 4.69) is 10.2 Å². The normalized spacial score (nSPS) is 9.56. The first kappa shape index (κ1) is 13.5. The molecule has 6 heteroatoms. The van der Waals surface area contributed by atoms with E-state index in [0.29, 0.717) is 5.69 Å². The van der Waals surface area contributed by atoms with Crippen LogP contribution in [-0.4, -0.2) is 26.1 Å². The Hall–Kier alpha value is -0.534. The average molecular weight is 243 g/mol. The van der Waals surface area contributed by atoms with Crippen molar-refractivity contribution in [2.75, 3.05) is 0 Å². The Balaban J connectivity index is 0.00000128. The van der Waals surface area contributed by atoms with Gasteiger partial charge >= 0.3 is 57.4 Å². The van der Waals surface area contributed by atoms with Crippen molar-refractivity contribution in [2.24, 2.45) is 0 Å². The van der Waals surface area contributed by atoms with Gasteiger partial charge in [-0.05, 0) is 24.6 Å². The zero-order chi connectivity index (χ0) is 10.8. The van der Waals surface area contributed by atoms with Crippen LogP contribution in [0.15, 0.2) is 30.6 Å². The predicted octanol–water partition coefficient (Wildman–Crippen LogP) is -1.61. The van der Waals surface area contributed by atoms with Crippen molar-refractivity contribution in [3.63, 3.8) is 0 Å². The Morgan fingerprint density at radius 3 is 2.56 bits per heavy atom. The minimum atomic E-state index is -0.984. The molecule has 0 atom stereocenters. The summed E-state index contributed by atoms with van der Waals surface area (Å²) in [6, 6.07) is 5.04. The number of nitrogens with zero attached hydrogens (tertiary/aromatic N) is 3. The molecule has 1 N–H and O–H groups in total. The van der Waals surface area contributed by atoms with Crippen molar-refractivity contribution in [1.29, 1.82) is 0 Å². The quantitative estimate of drug-likeness (QED) is 0.644. The van der Waals surface area contributed by atoms with Crippen LogP contribution in [-0.2, 0) is 0 Å². The van der Waals surface area contributed by atoms with Crippen molar-refractivity contribution >= 4 is 5.97 Å². The Bertz CT molecular complexity index is 502. The van der Waals surface area contributed by atoms with Crippen LogP contribution in [0, 0.1) is 6.92 Å². The number of carbonyl (C=O) groups is 1. The van der Waals surface area contributed by atoms with Gasteiger partial charge in [0.15, 0.2) is 0 Å². The molecule has 78 valence electrons. The second-order valence-corrected chi connectivity index (χ2v) is 3.14. The number of aromatic nitrogens is 3. The van der Waals surface area contributed by atoms with Crippen LogP contribution in [0.1, 0.15) is 17.3 Å². The monoisotopic (exact) mass is 243 g/mol. The largest absolute Gasteiger partial charge is 1.00 e. The molecule has 0 unspecified atom stereocenters. The summed E-state index contributed by atoms with van der Waals surface area (Å²) in [5.74, 6) is -0.984. The first-order valence-electron chi connectivity index (χ1n) is 4.39. The molecule has 1 aromatic heterocycles. The maximum atomic E-state index is 11.0. The first-order chi connectivity index (χ1) is 7.18. The molecule has 16 heavy (non-hydrogen) atoms. The number of carboxylic acids is 1. The number of carboxylic acid groups (broad SMARTS) is 1. The van der Waals surface area contributed by atoms with E-state index in [1.807, 2.05) is 6.92 Å². The molecule has 0 aliphatic carbocycles. The second kappa shape index (κ2) is 5.69. The third-order valence-electron chi connectivity index (χ3n) is 2.02. The van der Waals surface area contributed by atoms with Gasteiger partial charge in [0.2, 0.25) is 0 Å². The molecule has 0 saturated carbocycles. The van der Waals surface area contributed by atoms with E-state index < -0.39 is 5.97 Å². The Kier molecular flexibility index (Phi) is 4.81. The third-order valence-corrected chi connectivity index (χ3v) is 2.02. The minimum Gasteiger partial charge on any atom is -1.00 e. The summed E-state index contributed by atoms with van der Waals surface area (Å²) in [4.78, 5) is 12.3. The maximum absolute atomic E-state index is 11.0. The van der Waals surface area contributed by atoms with Crippen LogP contribution in [0.5, 0.6) is 0 Å². The molecule has 2 aromatic rings. The van der Waals surface area contributed by atoms with Crippen LogP contribution in [0.2, 0.25) is 0 Å². The van der Waals surface area contributed by atoms with Crippen LogP contribution >= 0.6 is 0 Å². The van der Waals surface area contributed by atoms with Crippen LogP contribution in [0.25, 0.3) is 5.69 Å². The van der Waals surface area contributed by atoms with E-state index in [4.69, 9.17) is 5.11 Å². The van der Waals surface area contributed by atoms with Gasteiger partial charge in [0.1, 0.15) is 5.69 Å². The van der Waals surface area contributed by atoms with Gasteiger partial charge in [-0.25, -0.2) is 4.79 Å². The maximum Gasteiger partial charge on any atom is 1.00 e. The summed E-state index contributed by atoms with van der Waals surface area (Å²) in [7, 11) is 0. The van der Waals surface area contributed by atoms with E-state index in [1.54, 1.807) is 18.2 Å². The van der Waals surface area contributed by atoms with Crippen molar-refractivity contribution in [1.82, 2.24) is 15.0 Å². The molecule has 0 amide bonds. The number of hydrogen-bond donors (Lipinski definition) is 1. The molecule has 0 bridgehead atoms. The predicted molar refractivity (Wildman–Crippen MR) is 54.2 cm³/mol. The van der Waals surface area contributed by atoms with Crippen LogP contribution in [0.3, 0.4) is 0 Å². The fourth-order valence-electron chi connectivity index (χ4n) is 1.33. The molecular formula is C10H10KN3O2. The topological polar surface area (TPSA) is 68.0 Å². The number of aromatic carboxylic acids is 1. The number of hydrogen-bond acceptors (Lipinski definition) is 3. The minimum absolute atomic E-state index is 0. The van der Waals surface area contributed by atoms with Crippen molar-refractivity contribution in [3.8, 4) is 5.69 Å². The fraction of sp³-hybridized carbons (Fsp3) is 0.100. The molecule has 0 fully saturated rings. The fourth-order valence-corrected chi connectivity index (χ4v) is 1.33. The van der Waals surface area contributed by atoms with Gasteiger partial charge in [0.25, 0.3) is 0 Å². The van der Waals surface area contributed by atoms with E-state index >= 15 is 0 Å². The molecule has 1 aromatic carbocycles. The summed E-state index contributed by atoms with van der Waals surface area (Å²) in [5.41, 5.74) is 1.64. The SMILES string of the molecule is Cc1ccc(C(=O)O)c(-n2nccn2)c1.[H-].[K+]. The van der Waals surface area contributed by atoms with E-state index in [0.717, 1.165) is 5.56 Å². The molecule has 0 spiro atoms. The molecule has 1 heterocycles. The molecule has 2 rings (SSSR count). The van der Waals surface area contributed by atoms with E-state index in [9.17, 15) is 4.79 Å². The van der Waals surface area contributed by atoms with Crippen molar-refractivity contribution in [2.45, 2.75) is 6.92 Å². The zero-order valence-corrected chi connectivity index (χ0v) is 12.2. The van der Waals surface area contributed by atoms with Gasteiger partial charge in [0, 0.05) is 0 Å². The molecule has 0 aliphatic heterocycles. The number of rotatable bonds is 2. The molecule has 0 saturated heterocycles. The molecule has 0 radical (unpaired) electrons. The zero-order valence-electron chi connectivity index (χ0n) is 10.1. The Morgan fingerprint density at radius 2 is 2.00 bits per heavy atom. The van der Waals surface area contributed by atoms with Gasteiger partial charge < -0.3 is 6.53 Å². The Morgan fingerprint density at radius 1 is 1.38 bits per heavy atom. The standard InChI is InChI=1S/C10H9N3O2.K.H/c1-7-2-3-8(10(14)15)9(6-7)13-11-4-5-12-13;;/h2-6H,1H3,(H,14,15);;/q;+1;-1. The van der Waals surface area contributed by atoms with Gasteiger partial charge in [0.05, 0.1) is 18.0 Å². The third kappa shape index (κ3) is 2.77. The van der Waals surface area contributed by atoms with E-state index in [-0.39, 0.29) is 58.4 Å². The summed E-state index contributed by atoms with van der Waals surface area (Å²) < 4.78 is 0. The van der Waals surface area contributed by atoms with Crippen LogP contribution < -0.4 is 51.4 Å². The van der Waals surface area contributed by atoms with Gasteiger partial charge in [-0.3, -0.25) is 0 Å². The summed E-state index contributed by atoms with van der Waals surface area (Å²) in [6.07, 6.45) is 3.02.